The van der Waals surface area contributed by atoms with E-state index in [4.69, 9.17) is 19.1 Å². The van der Waals surface area contributed by atoms with Crippen LogP contribution in [0, 0.1) is 0 Å². The van der Waals surface area contributed by atoms with Crippen molar-refractivity contribution in [3.8, 4) is 0 Å². The summed E-state index contributed by atoms with van der Waals surface area (Å²) in [6, 6.07) is 0. The molecule has 0 aliphatic carbocycles. The molecule has 0 aromatic rings. The number of carbonyl (C=O) groups is 2. The molecule has 0 spiro atoms. The molecule has 11 heteroatoms. The van der Waals surface area contributed by atoms with E-state index in [1.165, 1.54) is 161 Å². The van der Waals surface area contributed by atoms with E-state index in [0.717, 1.165) is 12.8 Å². The Labute approximate surface area is 318 Å². The van der Waals surface area contributed by atoms with Gasteiger partial charge in [-0.1, -0.05) is 187 Å². The summed E-state index contributed by atoms with van der Waals surface area (Å²) in [6.45, 7) is 1.98. The lowest BCUT2D eigenvalue weighted by Crippen LogP contribution is -2.29. The Morgan fingerprint density at radius 3 is 1.23 bits per heavy atom. The third kappa shape index (κ3) is 37.3. The van der Waals surface area contributed by atoms with Crippen LogP contribution in [-0.2, 0) is 32.7 Å². The smallest absolute Gasteiger partial charge is 0.462 e. The van der Waals surface area contributed by atoms with Crippen LogP contribution < -0.4 is 0 Å². The molecule has 3 atom stereocenters. The van der Waals surface area contributed by atoms with Gasteiger partial charge in [-0.3, -0.25) is 18.6 Å². The Morgan fingerprint density at radius 1 is 0.500 bits per heavy atom. The van der Waals surface area contributed by atoms with E-state index in [0.29, 0.717) is 12.8 Å². The zero-order chi connectivity index (χ0) is 38.4. The van der Waals surface area contributed by atoms with Gasteiger partial charge < -0.3 is 24.6 Å². The topological polar surface area (TPSA) is 149 Å². The molecule has 10 nitrogen and oxygen atoms in total. The number of aliphatic hydroxyl groups is 2. The van der Waals surface area contributed by atoms with Crippen molar-refractivity contribution in [3.05, 3.63) is 0 Å². The van der Waals surface area contributed by atoms with Crippen LogP contribution in [0.2, 0.25) is 0 Å². The molecule has 310 valence electrons. The molecule has 0 bridgehead atoms. The summed E-state index contributed by atoms with van der Waals surface area (Å²) in [5.41, 5.74) is 0. The third-order valence-corrected chi connectivity index (χ3v) is 10.4. The fourth-order valence-corrected chi connectivity index (χ4v) is 7.00. The van der Waals surface area contributed by atoms with Crippen LogP contribution in [-0.4, -0.2) is 65.7 Å². The predicted molar refractivity (Wildman–Crippen MR) is 210 cm³/mol. The lowest BCUT2D eigenvalue weighted by Gasteiger charge is -2.20. The number of phosphoric ester groups is 1. The highest BCUT2D eigenvalue weighted by Gasteiger charge is 2.27. The van der Waals surface area contributed by atoms with Crippen LogP contribution in [0.3, 0.4) is 0 Å². The minimum absolute atomic E-state index is 0.139. The van der Waals surface area contributed by atoms with Crippen LogP contribution in [0.5, 0.6) is 0 Å². The fourth-order valence-electron chi connectivity index (χ4n) is 6.21. The molecule has 0 rings (SSSR count). The highest BCUT2D eigenvalue weighted by atomic mass is 31.2. The van der Waals surface area contributed by atoms with Gasteiger partial charge in [0.05, 0.1) is 19.8 Å². The number of hydrogen-bond donors (Lipinski definition) is 3. The zero-order valence-electron chi connectivity index (χ0n) is 33.6. The van der Waals surface area contributed by atoms with Crippen LogP contribution in [0.25, 0.3) is 0 Å². The average molecular weight is 765 g/mol. The second-order valence-electron chi connectivity index (χ2n) is 14.7. The molecule has 0 saturated carbocycles. The van der Waals surface area contributed by atoms with Crippen molar-refractivity contribution in [2.45, 2.75) is 225 Å². The standard InChI is InChI=1S/C41H81O10P/c1-3-5-6-7-8-9-10-11-12-13-14-15-16-17-18-19-20-21-22-23-24-25-26-27-28-29-30-31-33-40(44)48-36-39(51-41(45)32-4-2)37-50-52(46,47)49-35-38(43)34-42/h38-39,42-43H,3-37H2,1-2H3,(H,46,47)/t38-,39+/m0/s1. The van der Waals surface area contributed by atoms with Gasteiger partial charge >= 0.3 is 19.8 Å². The molecule has 0 fully saturated rings. The lowest BCUT2D eigenvalue weighted by atomic mass is 10.0. The number of esters is 2. The fraction of sp³-hybridized carbons (Fsp3) is 0.951. The van der Waals surface area contributed by atoms with Gasteiger partial charge in [0.15, 0.2) is 6.10 Å². The van der Waals surface area contributed by atoms with E-state index in [1.807, 2.05) is 0 Å². The van der Waals surface area contributed by atoms with Crippen molar-refractivity contribution in [3.63, 3.8) is 0 Å². The first kappa shape index (κ1) is 51.0. The van der Waals surface area contributed by atoms with E-state index in [9.17, 15) is 24.2 Å². The Balaban J connectivity index is 3.62. The van der Waals surface area contributed by atoms with Gasteiger partial charge in [-0.2, -0.15) is 0 Å². The second kappa shape index (κ2) is 38.3. The number of carbonyl (C=O) groups excluding carboxylic acids is 2. The molecule has 0 aromatic carbocycles. The average Bonchev–Trinajstić information content (AvgIpc) is 3.13. The number of phosphoric acid groups is 1. The summed E-state index contributed by atoms with van der Waals surface area (Å²) in [5.74, 6) is -0.974. The Morgan fingerprint density at radius 2 is 0.865 bits per heavy atom. The van der Waals surface area contributed by atoms with Gasteiger partial charge in [-0.05, 0) is 12.8 Å². The summed E-state index contributed by atoms with van der Waals surface area (Å²) in [5, 5.41) is 18.1. The Hall–Kier alpha value is -1.03. The maximum Gasteiger partial charge on any atom is 0.472 e. The molecule has 0 aromatic heterocycles. The van der Waals surface area contributed by atoms with E-state index in [2.05, 4.69) is 11.4 Å². The quantitative estimate of drug-likeness (QED) is 0.0312. The molecule has 3 N–H and O–H groups in total. The van der Waals surface area contributed by atoms with Gasteiger partial charge in [-0.15, -0.1) is 0 Å². The molecule has 0 radical (unpaired) electrons. The van der Waals surface area contributed by atoms with E-state index >= 15 is 0 Å². The Bertz CT molecular complexity index is 842. The molecular weight excluding hydrogens is 683 g/mol. The van der Waals surface area contributed by atoms with Gasteiger partial charge in [0.1, 0.15) is 12.7 Å². The number of unbranched alkanes of at least 4 members (excludes halogenated alkanes) is 27. The summed E-state index contributed by atoms with van der Waals surface area (Å²) in [4.78, 5) is 33.9. The minimum atomic E-state index is -4.58. The van der Waals surface area contributed by atoms with Crippen LogP contribution in [0.15, 0.2) is 0 Å². The van der Waals surface area contributed by atoms with E-state index < -0.39 is 51.8 Å². The molecule has 0 heterocycles. The van der Waals surface area contributed by atoms with Crippen molar-refractivity contribution >= 4 is 19.8 Å². The number of aliphatic hydroxyl groups excluding tert-OH is 2. The van der Waals surface area contributed by atoms with Gasteiger partial charge in [0.2, 0.25) is 0 Å². The molecule has 0 aliphatic rings. The maximum atomic E-state index is 12.2. The third-order valence-electron chi connectivity index (χ3n) is 9.48. The maximum absolute atomic E-state index is 12.2. The largest absolute Gasteiger partial charge is 0.472 e. The molecular formula is C41H81O10P. The first-order valence-electron chi connectivity index (χ1n) is 21.5. The van der Waals surface area contributed by atoms with Crippen molar-refractivity contribution in [1.29, 1.82) is 0 Å². The monoisotopic (exact) mass is 765 g/mol. The minimum Gasteiger partial charge on any atom is -0.462 e. The normalized spacial score (nSPS) is 13.9. The Kier molecular flexibility index (Phi) is 37.5. The molecule has 0 saturated heterocycles. The molecule has 0 amide bonds. The lowest BCUT2D eigenvalue weighted by molar-refractivity contribution is -0.161. The molecule has 52 heavy (non-hydrogen) atoms. The second-order valence-corrected chi connectivity index (χ2v) is 16.2. The zero-order valence-corrected chi connectivity index (χ0v) is 34.4. The van der Waals surface area contributed by atoms with E-state index in [-0.39, 0.29) is 19.4 Å². The number of hydrogen-bond acceptors (Lipinski definition) is 9. The van der Waals surface area contributed by atoms with Crippen molar-refractivity contribution in [2.75, 3.05) is 26.4 Å². The predicted octanol–water partition coefficient (Wildman–Crippen LogP) is 11.1. The first-order valence-corrected chi connectivity index (χ1v) is 23.0. The highest BCUT2D eigenvalue weighted by molar-refractivity contribution is 7.47. The van der Waals surface area contributed by atoms with Gasteiger partial charge in [0.25, 0.3) is 0 Å². The van der Waals surface area contributed by atoms with Crippen LogP contribution in [0.4, 0.5) is 0 Å². The van der Waals surface area contributed by atoms with Crippen molar-refractivity contribution < 1.29 is 47.8 Å². The summed E-state index contributed by atoms with van der Waals surface area (Å²) < 4.78 is 31.9. The first-order chi connectivity index (χ1) is 25.2. The number of rotatable bonds is 41. The molecule has 1 unspecified atom stereocenters. The van der Waals surface area contributed by atoms with Crippen molar-refractivity contribution in [2.24, 2.45) is 0 Å². The van der Waals surface area contributed by atoms with Crippen molar-refractivity contribution in [1.82, 2.24) is 0 Å². The van der Waals surface area contributed by atoms with Gasteiger partial charge in [-0.25, -0.2) is 4.57 Å². The van der Waals surface area contributed by atoms with Crippen LogP contribution >= 0.6 is 7.82 Å². The summed E-state index contributed by atoms with van der Waals surface area (Å²) in [6.07, 6.45) is 35.9. The molecule has 0 aliphatic heterocycles. The number of ether oxygens (including phenoxy) is 2. The van der Waals surface area contributed by atoms with Gasteiger partial charge in [0, 0.05) is 12.8 Å². The highest BCUT2D eigenvalue weighted by Crippen LogP contribution is 2.43. The summed E-state index contributed by atoms with van der Waals surface area (Å²) in [7, 11) is -4.58. The van der Waals surface area contributed by atoms with Crippen LogP contribution in [0.1, 0.15) is 213 Å². The van der Waals surface area contributed by atoms with E-state index in [1.54, 1.807) is 6.92 Å². The SMILES string of the molecule is CCCCCCCCCCCCCCCCCCCCCCCCCCCCCCC(=O)OC[C@H](COP(=O)(O)OC[C@@H](O)CO)OC(=O)CCC. The summed E-state index contributed by atoms with van der Waals surface area (Å²) >= 11 is 0.